The Labute approximate surface area is 98.8 Å². The maximum atomic E-state index is 10.6. The molecule has 0 saturated carbocycles. The summed E-state index contributed by atoms with van der Waals surface area (Å²) >= 11 is 0. The van der Waals surface area contributed by atoms with Gasteiger partial charge in [-0.1, -0.05) is 12.1 Å². The summed E-state index contributed by atoms with van der Waals surface area (Å²) in [6.07, 6.45) is 0. The molecule has 0 spiro atoms. The van der Waals surface area contributed by atoms with Gasteiger partial charge in [0.2, 0.25) is 10.0 Å². The van der Waals surface area contributed by atoms with E-state index in [2.05, 4.69) is 5.32 Å². The summed E-state index contributed by atoms with van der Waals surface area (Å²) in [6, 6.07) is 6.13. The van der Waals surface area contributed by atoms with Gasteiger partial charge < -0.3 is 5.32 Å². The van der Waals surface area contributed by atoms with Crippen LogP contribution in [-0.2, 0) is 16.6 Å². The molecule has 0 radical (unpaired) electrons. The minimum atomic E-state index is -3.47. The first-order valence-electron chi connectivity index (χ1n) is 4.83. The van der Waals surface area contributed by atoms with Crippen molar-refractivity contribution in [2.45, 2.75) is 6.54 Å². The second-order valence-electron chi connectivity index (χ2n) is 3.47. The van der Waals surface area contributed by atoms with Crippen LogP contribution in [0.5, 0.6) is 0 Å². The summed E-state index contributed by atoms with van der Waals surface area (Å²) in [7, 11) is -3.47. The van der Waals surface area contributed by atoms with Gasteiger partial charge in [-0.2, -0.15) is 0 Å². The fraction of sp³-hybridized carbons (Fsp3) is 0.333. The van der Waals surface area contributed by atoms with Crippen molar-refractivity contribution in [2.75, 3.05) is 12.3 Å². The molecule has 0 amide bonds. The average molecular weight is 259 g/mol. The molecule has 7 nitrogen and oxygen atoms in total. The Balaban J connectivity index is 2.47. The maximum Gasteiger partial charge on any atom is 0.269 e. The van der Waals surface area contributed by atoms with Crippen LogP contribution in [0.2, 0.25) is 0 Å². The molecule has 0 aromatic heterocycles. The number of sulfonamides is 1. The Morgan fingerprint density at radius 2 is 2.12 bits per heavy atom. The van der Waals surface area contributed by atoms with Gasteiger partial charge in [0.25, 0.3) is 5.69 Å². The number of nitrogens with one attached hydrogen (secondary N) is 1. The molecule has 0 fully saturated rings. The maximum absolute atomic E-state index is 10.6. The summed E-state index contributed by atoms with van der Waals surface area (Å²) in [5.74, 6) is -0.165. The lowest BCUT2D eigenvalue weighted by atomic mass is 10.2. The van der Waals surface area contributed by atoms with Gasteiger partial charge in [0.05, 0.1) is 10.7 Å². The predicted octanol–water partition coefficient (Wildman–Crippen LogP) is -0.0271. The molecular formula is C9H13N3O4S. The van der Waals surface area contributed by atoms with Gasteiger partial charge in [-0.25, -0.2) is 13.6 Å². The molecule has 8 heteroatoms. The highest BCUT2D eigenvalue weighted by molar-refractivity contribution is 7.89. The largest absolute Gasteiger partial charge is 0.312 e. The molecule has 0 unspecified atom stereocenters. The smallest absolute Gasteiger partial charge is 0.269 e. The molecule has 0 bridgehead atoms. The predicted molar refractivity (Wildman–Crippen MR) is 62.8 cm³/mol. The highest BCUT2D eigenvalue weighted by atomic mass is 32.2. The van der Waals surface area contributed by atoms with Crippen LogP contribution >= 0.6 is 0 Å². The van der Waals surface area contributed by atoms with Crippen molar-refractivity contribution in [3.63, 3.8) is 0 Å². The van der Waals surface area contributed by atoms with Gasteiger partial charge in [0.15, 0.2) is 0 Å². The molecule has 94 valence electrons. The molecule has 0 saturated heterocycles. The van der Waals surface area contributed by atoms with Gasteiger partial charge in [-0.05, 0) is 5.56 Å². The summed E-state index contributed by atoms with van der Waals surface area (Å²) in [4.78, 5) is 10.0. The van der Waals surface area contributed by atoms with Crippen molar-refractivity contribution in [1.29, 1.82) is 0 Å². The minimum Gasteiger partial charge on any atom is -0.312 e. The van der Waals surface area contributed by atoms with E-state index in [0.717, 1.165) is 0 Å². The van der Waals surface area contributed by atoms with E-state index in [4.69, 9.17) is 5.14 Å². The molecule has 0 aliphatic heterocycles. The molecule has 1 aromatic rings. The Bertz CT molecular complexity index is 501. The summed E-state index contributed by atoms with van der Waals surface area (Å²) in [6.45, 7) is 0.568. The monoisotopic (exact) mass is 259 g/mol. The van der Waals surface area contributed by atoms with Gasteiger partial charge in [0.1, 0.15) is 0 Å². The van der Waals surface area contributed by atoms with Crippen molar-refractivity contribution in [2.24, 2.45) is 5.14 Å². The molecule has 1 aromatic carbocycles. The standard InChI is InChI=1S/C9H13N3O4S/c10-17(15,16)5-4-11-7-8-2-1-3-9(6-8)12(13)14/h1-3,6,11H,4-5,7H2,(H2,10,15,16). The molecule has 3 N–H and O–H groups in total. The van der Waals surface area contributed by atoms with Crippen molar-refractivity contribution in [3.8, 4) is 0 Å². The van der Waals surface area contributed by atoms with E-state index in [1.54, 1.807) is 12.1 Å². The van der Waals surface area contributed by atoms with E-state index in [1.165, 1.54) is 12.1 Å². The first-order chi connectivity index (χ1) is 7.88. The van der Waals surface area contributed by atoms with Crippen molar-refractivity contribution < 1.29 is 13.3 Å². The van der Waals surface area contributed by atoms with Crippen LogP contribution in [0.1, 0.15) is 5.56 Å². The number of primary sulfonamides is 1. The van der Waals surface area contributed by atoms with Crippen LogP contribution in [0.15, 0.2) is 24.3 Å². The quantitative estimate of drug-likeness (QED) is 0.423. The van der Waals surface area contributed by atoms with E-state index < -0.39 is 14.9 Å². The first kappa shape index (κ1) is 13.6. The normalized spacial score (nSPS) is 11.4. The van der Waals surface area contributed by atoms with Crippen LogP contribution in [-0.4, -0.2) is 25.6 Å². The third-order valence-electron chi connectivity index (χ3n) is 2.01. The number of non-ortho nitro benzene ring substituents is 1. The number of nitro groups is 1. The zero-order valence-electron chi connectivity index (χ0n) is 9.00. The lowest BCUT2D eigenvalue weighted by molar-refractivity contribution is -0.384. The molecule has 0 atom stereocenters. The van der Waals surface area contributed by atoms with E-state index in [-0.39, 0.29) is 18.0 Å². The number of rotatable bonds is 6. The van der Waals surface area contributed by atoms with E-state index >= 15 is 0 Å². The molecule has 0 aliphatic rings. The second-order valence-corrected chi connectivity index (χ2v) is 5.20. The van der Waals surface area contributed by atoms with Crippen LogP contribution in [0.3, 0.4) is 0 Å². The van der Waals surface area contributed by atoms with Crippen molar-refractivity contribution >= 4 is 15.7 Å². The number of nitrogens with zero attached hydrogens (tertiary/aromatic N) is 1. The van der Waals surface area contributed by atoms with Crippen LogP contribution < -0.4 is 10.5 Å². The third-order valence-corrected chi connectivity index (χ3v) is 2.79. The Hall–Kier alpha value is -1.51. The van der Waals surface area contributed by atoms with Crippen LogP contribution in [0.4, 0.5) is 5.69 Å². The molecule has 0 heterocycles. The highest BCUT2D eigenvalue weighted by Gasteiger charge is 2.05. The summed E-state index contributed by atoms with van der Waals surface area (Å²) in [5, 5.41) is 18.2. The van der Waals surface area contributed by atoms with E-state index in [1.807, 2.05) is 0 Å². The Morgan fingerprint density at radius 1 is 1.41 bits per heavy atom. The average Bonchev–Trinajstić information content (AvgIpc) is 2.23. The third kappa shape index (κ3) is 5.38. The summed E-state index contributed by atoms with van der Waals surface area (Å²) in [5.41, 5.74) is 0.726. The minimum absolute atomic E-state index is 0.00995. The highest BCUT2D eigenvalue weighted by Crippen LogP contribution is 2.12. The van der Waals surface area contributed by atoms with Crippen molar-refractivity contribution in [3.05, 3.63) is 39.9 Å². The first-order valence-corrected chi connectivity index (χ1v) is 6.54. The number of hydrogen-bond acceptors (Lipinski definition) is 5. The van der Waals surface area contributed by atoms with Crippen LogP contribution in [0.25, 0.3) is 0 Å². The SMILES string of the molecule is NS(=O)(=O)CCNCc1cccc([N+](=O)[O-])c1. The van der Waals surface area contributed by atoms with Crippen LogP contribution in [0, 0.1) is 10.1 Å². The topological polar surface area (TPSA) is 115 Å². The molecular weight excluding hydrogens is 246 g/mol. The Morgan fingerprint density at radius 3 is 2.71 bits per heavy atom. The van der Waals surface area contributed by atoms with E-state index in [9.17, 15) is 18.5 Å². The number of nitrogens with two attached hydrogens (primary N) is 1. The zero-order chi connectivity index (χ0) is 12.9. The fourth-order valence-corrected chi connectivity index (χ4v) is 1.66. The Kier molecular flexibility index (Phi) is 4.55. The lowest BCUT2D eigenvalue weighted by Gasteiger charge is -2.03. The summed E-state index contributed by atoms with van der Waals surface area (Å²) < 4.78 is 21.3. The van der Waals surface area contributed by atoms with Gasteiger partial charge in [0, 0.05) is 25.2 Å². The van der Waals surface area contributed by atoms with Gasteiger partial charge >= 0.3 is 0 Å². The molecule has 17 heavy (non-hydrogen) atoms. The van der Waals surface area contributed by atoms with Gasteiger partial charge in [-0.15, -0.1) is 0 Å². The molecule has 1 rings (SSSR count). The number of hydrogen-bond donors (Lipinski definition) is 2. The molecule has 0 aliphatic carbocycles. The zero-order valence-corrected chi connectivity index (χ0v) is 9.81. The van der Waals surface area contributed by atoms with Gasteiger partial charge in [-0.3, -0.25) is 10.1 Å². The van der Waals surface area contributed by atoms with E-state index in [0.29, 0.717) is 12.1 Å². The fourth-order valence-electron chi connectivity index (χ4n) is 1.23. The van der Waals surface area contributed by atoms with Crippen molar-refractivity contribution in [1.82, 2.24) is 5.32 Å². The lowest BCUT2D eigenvalue weighted by Crippen LogP contribution is -2.26. The number of benzene rings is 1. The second kappa shape index (κ2) is 5.71. The number of nitro benzene ring substituents is 1.